The van der Waals surface area contributed by atoms with Gasteiger partial charge in [0, 0.05) is 17.8 Å². The minimum Gasteiger partial charge on any atom is -0.265 e. The Morgan fingerprint density at radius 3 is 2.55 bits per heavy atom. The molecule has 0 aromatic rings. The van der Waals surface area contributed by atoms with Gasteiger partial charge in [-0.2, -0.15) is 0 Å². The highest BCUT2D eigenvalue weighted by Crippen LogP contribution is 2.29. The van der Waals surface area contributed by atoms with Crippen LogP contribution in [0, 0.1) is 11.8 Å². The summed E-state index contributed by atoms with van der Waals surface area (Å²) in [4.78, 5) is 4.35. The zero-order valence-electron chi connectivity index (χ0n) is 7.89. The summed E-state index contributed by atoms with van der Waals surface area (Å²) in [7, 11) is 0. The van der Waals surface area contributed by atoms with Crippen LogP contribution in [-0.2, 0) is 0 Å². The van der Waals surface area contributed by atoms with Crippen LogP contribution in [0.4, 0.5) is 0 Å². The van der Waals surface area contributed by atoms with E-state index < -0.39 is 0 Å². The fourth-order valence-electron chi connectivity index (χ4n) is 1.80. The van der Waals surface area contributed by atoms with Gasteiger partial charge in [-0.15, -0.1) is 0 Å². The molecule has 1 atom stereocenters. The van der Waals surface area contributed by atoms with E-state index in [0.29, 0.717) is 11.8 Å². The Labute approximate surface area is 69.2 Å². The van der Waals surface area contributed by atoms with Gasteiger partial charge in [0.05, 0.1) is 0 Å². The number of rotatable bonds is 2. The number of hydrogen-bond donors (Lipinski definition) is 0. The van der Waals surface area contributed by atoms with E-state index in [1.165, 1.54) is 17.7 Å². The van der Waals surface area contributed by atoms with Crippen LogP contribution < -0.4 is 0 Å². The molecule has 0 aromatic heterocycles. The van der Waals surface area contributed by atoms with E-state index in [2.05, 4.69) is 38.9 Å². The quantitative estimate of drug-likeness (QED) is 0.575. The first-order valence-corrected chi connectivity index (χ1v) is 4.41. The molecule has 1 heteroatoms. The van der Waals surface area contributed by atoms with Crippen molar-refractivity contribution in [2.75, 3.05) is 0 Å². The third kappa shape index (κ3) is 1.52. The molecule has 0 aliphatic carbocycles. The molecule has 0 spiro atoms. The Kier molecular flexibility index (Phi) is 2.48. The topological polar surface area (TPSA) is 12.4 Å². The summed E-state index contributed by atoms with van der Waals surface area (Å²) >= 11 is 0. The Bertz CT molecular complexity index is 199. The van der Waals surface area contributed by atoms with E-state index in [9.17, 15) is 0 Å². The first kappa shape index (κ1) is 8.51. The van der Waals surface area contributed by atoms with Crippen LogP contribution in [0.15, 0.2) is 16.3 Å². The molecule has 1 aliphatic rings. The number of hydrogen-bond acceptors (Lipinski definition) is 1. The molecule has 1 unspecified atom stereocenters. The molecule has 0 aromatic carbocycles. The first-order valence-electron chi connectivity index (χ1n) is 4.41. The van der Waals surface area contributed by atoms with Crippen molar-refractivity contribution in [3.05, 3.63) is 11.3 Å². The van der Waals surface area contributed by atoms with Crippen LogP contribution in [0.2, 0.25) is 0 Å². The summed E-state index contributed by atoms with van der Waals surface area (Å²) in [6.07, 6.45) is 3.28. The third-order valence-electron chi connectivity index (χ3n) is 2.33. The summed E-state index contributed by atoms with van der Waals surface area (Å²) < 4.78 is 0. The minimum absolute atomic E-state index is 0.620. The predicted octanol–water partition coefficient (Wildman–Crippen LogP) is 3.03. The van der Waals surface area contributed by atoms with Crippen molar-refractivity contribution < 1.29 is 0 Å². The molecule has 0 radical (unpaired) electrons. The van der Waals surface area contributed by atoms with E-state index in [4.69, 9.17) is 0 Å². The average molecular weight is 151 g/mol. The fourth-order valence-corrected chi connectivity index (χ4v) is 1.80. The van der Waals surface area contributed by atoms with Crippen molar-refractivity contribution in [1.29, 1.82) is 0 Å². The van der Waals surface area contributed by atoms with Gasteiger partial charge in [-0.25, -0.2) is 0 Å². The third-order valence-corrected chi connectivity index (χ3v) is 2.33. The minimum atomic E-state index is 0.620. The summed E-state index contributed by atoms with van der Waals surface area (Å²) in [6.45, 7) is 8.82. The normalized spacial score (nSPS) is 23.9. The lowest BCUT2D eigenvalue weighted by Gasteiger charge is -2.14. The van der Waals surface area contributed by atoms with Crippen molar-refractivity contribution in [1.82, 2.24) is 0 Å². The zero-order chi connectivity index (χ0) is 8.43. The highest BCUT2D eigenvalue weighted by atomic mass is 14.8. The lowest BCUT2D eigenvalue weighted by Crippen LogP contribution is -2.06. The summed E-state index contributed by atoms with van der Waals surface area (Å²) in [6, 6.07) is 0. The molecular weight excluding hydrogens is 134 g/mol. The number of aliphatic imine (C=N–C) groups is 1. The highest BCUT2D eigenvalue weighted by molar-refractivity contribution is 5.70. The van der Waals surface area contributed by atoms with E-state index >= 15 is 0 Å². The highest BCUT2D eigenvalue weighted by Gasteiger charge is 2.20. The zero-order valence-corrected chi connectivity index (χ0v) is 7.89. The van der Waals surface area contributed by atoms with Gasteiger partial charge in [0.15, 0.2) is 0 Å². The van der Waals surface area contributed by atoms with Gasteiger partial charge in [0.2, 0.25) is 0 Å². The fraction of sp³-hybridized carbons (Fsp3) is 0.700. The van der Waals surface area contributed by atoms with Gasteiger partial charge in [-0.3, -0.25) is 4.99 Å². The lowest BCUT2D eigenvalue weighted by molar-refractivity contribution is 0.645. The van der Waals surface area contributed by atoms with Crippen LogP contribution in [0.25, 0.3) is 0 Å². The smallest absolute Gasteiger partial charge is 0.0370 e. The molecule has 1 heterocycles. The van der Waals surface area contributed by atoms with Crippen LogP contribution in [0.1, 0.15) is 34.1 Å². The van der Waals surface area contributed by atoms with Crippen molar-refractivity contribution in [3.8, 4) is 0 Å². The number of nitrogens with zero attached hydrogens (tertiary/aromatic N) is 1. The molecule has 1 nitrogen and oxygen atoms in total. The van der Waals surface area contributed by atoms with Gasteiger partial charge in [0.1, 0.15) is 0 Å². The Hall–Kier alpha value is -0.590. The Morgan fingerprint density at radius 2 is 2.18 bits per heavy atom. The summed E-state index contributed by atoms with van der Waals surface area (Å²) in [5.74, 6) is 1.28. The average Bonchev–Trinajstić information content (AvgIpc) is 2.30. The van der Waals surface area contributed by atoms with Crippen molar-refractivity contribution in [2.24, 2.45) is 16.8 Å². The van der Waals surface area contributed by atoms with Crippen molar-refractivity contribution >= 4 is 6.21 Å². The maximum absolute atomic E-state index is 4.35. The SMILES string of the molecule is CCC1C=NC(C)=C1C(C)C. The monoisotopic (exact) mass is 151 g/mol. The largest absolute Gasteiger partial charge is 0.265 e. The molecule has 1 aliphatic heterocycles. The van der Waals surface area contributed by atoms with Gasteiger partial charge in [-0.1, -0.05) is 20.8 Å². The lowest BCUT2D eigenvalue weighted by atomic mass is 9.89. The van der Waals surface area contributed by atoms with E-state index in [1.54, 1.807) is 0 Å². The second-order valence-electron chi connectivity index (χ2n) is 3.49. The van der Waals surface area contributed by atoms with Gasteiger partial charge < -0.3 is 0 Å². The summed E-state index contributed by atoms with van der Waals surface area (Å²) in [5.41, 5.74) is 2.78. The maximum Gasteiger partial charge on any atom is 0.0370 e. The van der Waals surface area contributed by atoms with Gasteiger partial charge in [-0.05, 0) is 24.8 Å². The van der Waals surface area contributed by atoms with Gasteiger partial charge >= 0.3 is 0 Å². The molecule has 0 bridgehead atoms. The van der Waals surface area contributed by atoms with Gasteiger partial charge in [0.25, 0.3) is 0 Å². The van der Waals surface area contributed by atoms with E-state index in [1.807, 2.05) is 0 Å². The van der Waals surface area contributed by atoms with Crippen LogP contribution in [-0.4, -0.2) is 6.21 Å². The molecule has 0 amide bonds. The molecular formula is C10H17N. The molecule has 0 N–H and O–H groups in total. The van der Waals surface area contributed by atoms with Crippen molar-refractivity contribution in [2.45, 2.75) is 34.1 Å². The predicted molar refractivity (Wildman–Crippen MR) is 49.8 cm³/mol. The molecule has 11 heavy (non-hydrogen) atoms. The van der Waals surface area contributed by atoms with E-state index in [-0.39, 0.29) is 0 Å². The molecule has 0 saturated carbocycles. The second kappa shape index (κ2) is 3.21. The molecule has 62 valence electrons. The number of allylic oxidation sites excluding steroid dienone is 2. The molecule has 1 rings (SSSR count). The Morgan fingerprint density at radius 1 is 1.55 bits per heavy atom. The summed E-state index contributed by atoms with van der Waals surface area (Å²) in [5, 5.41) is 0. The molecule has 0 saturated heterocycles. The second-order valence-corrected chi connectivity index (χ2v) is 3.49. The Balaban J connectivity index is 2.83. The standard InChI is InChI=1S/C10H17N/c1-5-9-6-11-8(4)10(9)7(2)3/h6-7,9H,5H2,1-4H3. The first-order chi connectivity index (χ1) is 5.16. The molecule has 0 fully saturated rings. The van der Waals surface area contributed by atoms with E-state index in [0.717, 1.165) is 0 Å². The maximum atomic E-state index is 4.35. The van der Waals surface area contributed by atoms with Crippen LogP contribution in [0.3, 0.4) is 0 Å². The van der Waals surface area contributed by atoms with Crippen molar-refractivity contribution in [3.63, 3.8) is 0 Å². The van der Waals surface area contributed by atoms with Crippen LogP contribution >= 0.6 is 0 Å². The van der Waals surface area contributed by atoms with Crippen LogP contribution in [0.5, 0.6) is 0 Å².